The van der Waals surface area contributed by atoms with E-state index >= 15 is 0 Å². The lowest BCUT2D eigenvalue weighted by atomic mass is 10.1. The first-order valence-corrected chi connectivity index (χ1v) is 10.1. The van der Waals surface area contributed by atoms with Crippen LogP contribution in [0.5, 0.6) is 0 Å². The third kappa shape index (κ3) is 5.30. The van der Waals surface area contributed by atoms with Crippen LogP contribution >= 0.6 is 0 Å². The summed E-state index contributed by atoms with van der Waals surface area (Å²) in [6.45, 7) is 7.62. The van der Waals surface area contributed by atoms with Gasteiger partial charge in [0.1, 0.15) is 0 Å². The van der Waals surface area contributed by atoms with Gasteiger partial charge in [0.15, 0.2) is 0 Å². The van der Waals surface area contributed by atoms with Crippen LogP contribution in [-0.4, -0.2) is 34.1 Å². The van der Waals surface area contributed by atoms with Gasteiger partial charge >= 0.3 is 0 Å². The summed E-state index contributed by atoms with van der Waals surface area (Å²) in [5.74, 6) is -0.345. The molecule has 0 saturated heterocycles. The number of hydrogen-bond donors (Lipinski definition) is 2. The predicted octanol–water partition coefficient (Wildman–Crippen LogP) is 3.18. The number of amides is 1. The molecule has 1 atom stereocenters. The minimum atomic E-state index is -3.83. The molecule has 0 fully saturated rings. The van der Waals surface area contributed by atoms with Gasteiger partial charge in [0.05, 0.1) is 17.2 Å². The van der Waals surface area contributed by atoms with Crippen LogP contribution in [0.3, 0.4) is 0 Å². The summed E-state index contributed by atoms with van der Waals surface area (Å²) >= 11 is 0. The van der Waals surface area contributed by atoms with E-state index in [1.165, 1.54) is 6.07 Å². The van der Waals surface area contributed by atoms with Gasteiger partial charge in [-0.2, -0.15) is 0 Å². The Morgan fingerprint density at radius 3 is 2.41 bits per heavy atom. The lowest BCUT2D eigenvalue weighted by molar-refractivity contribution is 0.0905. The molecular formula is C20H26N2O4S. The Balaban J connectivity index is 2.33. The Kier molecular flexibility index (Phi) is 6.62. The largest absolute Gasteiger partial charge is 0.383 e. The summed E-state index contributed by atoms with van der Waals surface area (Å²) in [6, 6.07) is 10.0. The first-order valence-electron chi connectivity index (χ1n) is 8.64. The van der Waals surface area contributed by atoms with Gasteiger partial charge < -0.3 is 10.1 Å². The van der Waals surface area contributed by atoms with Crippen LogP contribution in [0.25, 0.3) is 0 Å². The minimum absolute atomic E-state index is 0.0791. The SMILES string of the molecule is COCC(C)NC(=O)c1ccc(C)c(S(=O)(=O)Nc2cc(C)ccc2C)c1. The molecule has 0 bridgehead atoms. The number of nitrogens with one attached hydrogen (secondary N) is 2. The van der Waals surface area contributed by atoms with Crippen LogP contribution in [0.2, 0.25) is 0 Å². The zero-order valence-electron chi connectivity index (χ0n) is 16.3. The van der Waals surface area contributed by atoms with Gasteiger partial charge in [-0.1, -0.05) is 18.2 Å². The molecule has 2 N–H and O–H groups in total. The number of methoxy groups -OCH3 is 1. The van der Waals surface area contributed by atoms with Crippen molar-refractivity contribution in [2.45, 2.75) is 38.6 Å². The molecule has 6 nitrogen and oxygen atoms in total. The summed E-state index contributed by atoms with van der Waals surface area (Å²) in [4.78, 5) is 12.5. The molecule has 0 heterocycles. The molecule has 2 aromatic carbocycles. The maximum absolute atomic E-state index is 12.9. The van der Waals surface area contributed by atoms with Crippen molar-refractivity contribution in [1.29, 1.82) is 0 Å². The molecule has 27 heavy (non-hydrogen) atoms. The second kappa shape index (κ2) is 8.54. The second-order valence-electron chi connectivity index (χ2n) is 6.73. The van der Waals surface area contributed by atoms with Crippen molar-refractivity contribution >= 4 is 21.6 Å². The number of hydrogen-bond acceptors (Lipinski definition) is 4. The molecule has 0 radical (unpaired) electrons. The number of carbonyl (C=O) groups excluding carboxylic acids is 1. The first kappa shape index (κ1) is 20.9. The highest BCUT2D eigenvalue weighted by molar-refractivity contribution is 7.92. The quantitative estimate of drug-likeness (QED) is 0.760. The molecule has 2 aromatic rings. The van der Waals surface area contributed by atoms with Crippen molar-refractivity contribution in [2.75, 3.05) is 18.4 Å². The van der Waals surface area contributed by atoms with E-state index < -0.39 is 10.0 Å². The molecule has 0 aliphatic rings. The van der Waals surface area contributed by atoms with Crippen molar-refractivity contribution in [3.8, 4) is 0 Å². The number of ether oxygens (including phenoxy) is 1. The first-order chi connectivity index (χ1) is 12.6. The Bertz CT molecular complexity index is 939. The molecule has 0 saturated carbocycles. The summed E-state index contributed by atoms with van der Waals surface area (Å²) in [5.41, 5.74) is 3.15. The van der Waals surface area contributed by atoms with E-state index in [-0.39, 0.29) is 22.4 Å². The summed E-state index contributed by atoms with van der Waals surface area (Å²) < 4.78 is 33.5. The van der Waals surface area contributed by atoms with Crippen molar-refractivity contribution in [3.63, 3.8) is 0 Å². The zero-order valence-corrected chi connectivity index (χ0v) is 17.1. The molecule has 0 aliphatic carbocycles. The number of rotatable bonds is 7. The van der Waals surface area contributed by atoms with Crippen LogP contribution in [0.4, 0.5) is 5.69 Å². The lowest BCUT2D eigenvalue weighted by Gasteiger charge is -2.15. The molecule has 146 valence electrons. The van der Waals surface area contributed by atoms with Crippen molar-refractivity contribution in [3.05, 3.63) is 58.7 Å². The monoisotopic (exact) mass is 390 g/mol. The van der Waals surface area contributed by atoms with Crippen LogP contribution in [0.1, 0.15) is 34.0 Å². The molecule has 0 aliphatic heterocycles. The summed E-state index contributed by atoms with van der Waals surface area (Å²) in [7, 11) is -2.28. The smallest absolute Gasteiger partial charge is 0.262 e. The fourth-order valence-corrected chi connectivity index (χ4v) is 4.07. The fourth-order valence-electron chi connectivity index (χ4n) is 2.68. The third-order valence-corrected chi connectivity index (χ3v) is 5.68. The molecule has 2 rings (SSSR count). The second-order valence-corrected chi connectivity index (χ2v) is 8.38. The Hall–Kier alpha value is -2.38. The predicted molar refractivity (Wildman–Crippen MR) is 107 cm³/mol. The van der Waals surface area contributed by atoms with E-state index in [2.05, 4.69) is 10.0 Å². The van der Waals surface area contributed by atoms with Gasteiger partial charge in [-0.15, -0.1) is 0 Å². The number of anilines is 1. The molecule has 7 heteroatoms. The minimum Gasteiger partial charge on any atom is -0.383 e. The molecule has 1 amide bonds. The highest BCUT2D eigenvalue weighted by Crippen LogP contribution is 2.24. The topological polar surface area (TPSA) is 84.5 Å². The average molecular weight is 391 g/mol. The molecule has 0 spiro atoms. The maximum Gasteiger partial charge on any atom is 0.262 e. The zero-order chi connectivity index (χ0) is 20.2. The molecule has 1 unspecified atom stereocenters. The maximum atomic E-state index is 12.9. The standard InChI is InChI=1S/C20H26N2O4S/c1-13-6-7-14(2)18(10-13)22-27(24,25)19-11-17(9-8-15(19)3)20(23)21-16(4)12-26-5/h6-11,16,22H,12H2,1-5H3,(H,21,23). The fraction of sp³-hybridized carbons (Fsp3) is 0.350. The third-order valence-electron chi connectivity index (χ3n) is 4.17. The number of carbonyl (C=O) groups is 1. The van der Waals surface area contributed by atoms with E-state index in [0.29, 0.717) is 17.9 Å². The van der Waals surface area contributed by atoms with Crippen LogP contribution in [-0.2, 0) is 14.8 Å². The van der Waals surface area contributed by atoms with Crippen LogP contribution in [0, 0.1) is 20.8 Å². The van der Waals surface area contributed by atoms with Crippen molar-refractivity contribution in [1.82, 2.24) is 5.32 Å². The molecule has 0 aromatic heterocycles. The number of benzene rings is 2. The Morgan fingerprint density at radius 1 is 1.07 bits per heavy atom. The van der Waals surface area contributed by atoms with Gasteiger partial charge in [-0.3, -0.25) is 9.52 Å². The lowest BCUT2D eigenvalue weighted by Crippen LogP contribution is -2.35. The summed E-state index contributed by atoms with van der Waals surface area (Å²) in [5, 5.41) is 2.78. The van der Waals surface area contributed by atoms with E-state index in [1.807, 2.05) is 32.9 Å². The normalized spacial score (nSPS) is 12.5. The highest BCUT2D eigenvalue weighted by Gasteiger charge is 2.20. The van der Waals surface area contributed by atoms with Crippen molar-refractivity contribution < 1.29 is 17.9 Å². The van der Waals surface area contributed by atoms with Gasteiger partial charge in [0, 0.05) is 18.7 Å². The van der Waals surface area contributed by atoms with Crippen molar-refractivity contribution in [2.24, 2.45) is 0 Å². The summed E-state index contributed by atoms with van der Waals surface area (Å²) in [6.07, 6.45) is 0. The van der Waals surface area contributed by atoms with Gasteiger partial charge in [-0.25, -0.2) is 8.42 Å². The van der Waals surface area contributed by atoms with Gasteiger partial charge in [0.2, 0.25) is 0 Å². The Morgan fingerprint density at radius 2 is 1.74 bits per heavy atom. The Labute approximate surface area is 161 Å². The average Bonchev–Trinajstić information content (AvgIpc) is 2.58. The number of aryl methyl sites for hydroxylation is 3. The number of sulfonamides is 1. The van der Waals surface area contributed by atoms with Gasteiger partial charge in [-0.05, 0) is 62.6 Å². The van der Waals surface area contributed by atoms with E-state index in [4.69, 9.17) is 4.74 Å². The van der Waals surface area contributed by atoms with E-state index in [1.54, 1.807) is 32.2 Å². The van der Waals surface area contributed by atoms with Crippen LogP contribution < -0.4 is 10.0 Å². The van der Waals surface area contributed by atoms with E-state index in [9.17, 15) is 13.2 Å². The highest BCUT2D eigenvalue weighted by atomic mass is 32.2. The van der Waals surface area contributed by atoms with Gasteiger partial charge in [0.25, 0.3) is 15.9 Å². The van der Waals surface area contributed by atoms with Crippen LogP contribution in [0.15, 0.2) is 41.3 Å². The van der Waals surface area contributed by atoms with E-state index in [0.717, 1.165) is 11.1 Å². The molecular weight excluding hydrogens is 364 g/mol.